The summed E-state index contributed by atoms with van der Waals surface area (Å²) in [6, 6.07) is 0. The Kier molecular flexibility index (Phi) is 76.3. The van der Waals surface area contributed by atoms with E-state index >= 15 is 0 Å². The SMILES string of the molecule is BrCCCCCBr.CCOP(=O)(CCCCCBr)OCC.CCOP(OCC)OCC.[Br-].[CH2-]CCCCP(=O)(OCC)OCC.[H-].[H-].[Mg+2].[Mg+2]. The van der Waals surface area contributed by atoms with Gasteiger partial charge in [-0.15, -0.1) is 0 Å². The number of rotatable bonds is 27. The molecule has 0 aliphatic rings. The van der Waals surface area contributed by atoms with Crippen LogP contribution in [0.2, 0.25) is 0 Å². The maximum Gasteiger partial charge on any atom is 2.00 e. The van der Waals surface area contributed by atoms with E-state index < -0.39 is 23.8 Å². The van der Waals surface area contributed by atoms with Gasteiger partial charge in [0.25, 0.3) is 0 Å². The molecule has 284 valence electrons. The van der Waals surface area contributed by atoms with Gasteiger partial charge in [-0.25, -0.2) is 0 Å². The number of alkyl halides is 3. The van der Waals surface area contributed by atoms with Gasteiger partial charge in [-0.05, 0) is 80.6 Å². The van der Waals surface area contributed by atoms with E-state index in [0.29, 0.717) is 58.6 Å². The molecule has 47 heavy (non-hydrogen) atoms. The molecule has 0 amide bonds. The number of hydrogen-bond acceptors (Lipinski definition) is 9. The fraction of sp³-hybridized carbons (Fsp3) is 0.966. The zero-order chi connectivity index (χ0) is 34.4. The zero-order valence-corrected chi connectivity index (χ0v) is 42.4. The molecular weight excluding hydrogens is 953 g/mol. The maximum atomic E-state index is 11.9. The summed E-state index contributed by atoms with van der Waals surface area (Å²) in [5.41, 5.74) is 0. The standard InChI is InChI=1S/C9H20BrO3P.C9H20O3P.C6H15O3P.C5H10Br2.BrH.2Mg.2H/c1-3-12-14(11,13-4-2)9-7-5-6-8-10;1-4-7-8-9-13(10,11-5-2)12-6-3;1-4-7-10(8-5-2)9-6-3;6-4-2-1-3-5-7;;;;;/h3-9H2,1-2H3;1,4-9H2,2-3H3;4-6H2,1-3H3;1-5H2;1H;;;;/q;-1;;;;2*+2;2*-1/p-1. The van der Waals surface area contributed by atoms with Crippen LogP contribution in [0.15, 0.2) is 0 Å². The van der Waals surface area contributed by atoms with E-state index in [9.17, 15) is 9.13 Å². The molecule has 0 spiro atoms. The monoisotopic (exact) mass is 1020 g/mol. The molecule has 0 aromatic carbocycles. The number of unbranched alkanes of at least 4 members (excludes halogenated alkanes) is 6. The van der Waals surface area contributed by atoms with E-state index in [2.05, 4.69) is 54.7 Å². The van der Waals surface area contributed by atoms with Crippen molar-refractivity contribution in [3.8, 4) is 0 Å². The first-order valence-corrected chi connectivity index (χ1v) is 24.0. The van der Waals surface area contributed by atoms with Crippen LogP contribution in [0.25, 0.3) is 0 Å². The molecule has 0 aliphatic heterocycles. The molecule has 0 bridgehead atoms. The summed E-state index contributed by atoms with van der Waals surface area (Å²) in [5, 5.41) is 3.31. The van der Waals surface area contributed by atoms with E-state index in [4.69, 9.17) is 31.7 Å². The van der Waals surface area contributed by atoms with Crippen molar-refractivity contribution in [3.05, 3.63) is 6.92 Å². The fourth-order valence-corrected chi connectivity index (χ4v) is 8.48. The first kappa shape index (κ1) is 65.9. The van der Waals surface area contributed by atoms with Gasteiger partial charge in [-0.3, -0.25) is 9.13 Å². The zero-order valence-electron chi connectivity index (χ0n) is 32.5. The van der Waals surface area contributed by atoms with Gasteiger partial charge in [0, 0.05) is 16.0 Å². The van der Waals surface area contributed by atoms with Crippen LogP contribution in [-0.4, -0.2) is 121 Å². The molecule has 0 saturated heterocycles. The molecule has 0 saturated carbocycles. The Morgan fingerprint density at radius 3 is 1.02 bits per heavy atom. The average molecular weight is 1020 g/mol. The van der Waals surface area contributed by atoms with Gasteiger partial charge in [0.2, 0.25) is 0 Å². The molecule has 0 fully saturated rings. The Hall–Kier alpha value is 4.06. The number of hydrogen-bond donors (Lipinski definition) is 0. The third-order valence-corrected chi connectivity index (χ3v) is 12.2. The Bertz CT molecular complexity index is 617. The van der Waals surface area contributed by atoms with Crippen LogP contribution in [0.1, 0.15) is 109 Å². The van der Waals surface area contributed by atoms with Gasteiger partial charge < -0.3 is 58.4 Å². The van der Waals surface area contributed by atoms with Gasteiger partial charge in [-0.2, -0.15) is 6.42 Å². The van der Waals surface area contributed by atoms with E-state index in [1.165, 1.54) is 19.3 Å². The molecule has 0 heterocycles. The van der Waals surface area contributed by atoms with E-state index in [1.54, 1.807) is 0 Å². The molecule has 0 radical (unpaired) electrons. The largest absolute Gasteiger partial charge is 2.00 e. The third-order valence-electron chi connectivity index (χ3n) is 4.77. The summed E-state index contributed by atoms with van der Waals surface area (Å²) in [6.45, 7) is 20.6. The maximum absolute atomic E-state index is 11.9. The summed E-state index contributed by atoms with van der Waals surface area (Å²) in [7, 11) is -6.61. The van der Waals surface area contributed by atoms with Crippen LogP contribution in [0, 0.1) is 6.92 Å². The topological polar surface area (TPSA) is 98.8 Å². The predicted molar refractivity (Wildman–Crippen MR) is 215 cm³/mol. The minimum atomic E-state index is -2.78. The summed E-state index contributed by atoms with van der Waals surface area (Å²) in [6.07, 6.45) is 10.8. The van der Waals surface area contributed by atoms with Gasteiger partial charge >= 0.3 is 69.9 Å². The quantitative estimate of drug-likeness (QED) is 0.0263. The minimum Gasteiger partial charge on any atom is -1.00 e. The molecule has 18 heteroatoms. The van der Waals surface area contributed by atoms with Crippen LogP contribution in [-0.2, 0) is 40.8 Å². The molecular formula is C29H67Br4Mg2O9P3. The minimum absolute atomic E-state index is 0. The Morgan fingerprint density at radius 1 is 0.511 bits per heavy atom. The van der Waals surface area contributed by atoms with Crippen molar-refractivity contribution in [1.82, 2.24) is 0 Å². The van der Waals surface area contributed by atoms with Crippen molar-refractivity contribution in [3.63, 3.8) is 0 Å². The molecule has 0 N–H and O–H groups in total. The first-order valence-electron chi connectivity index (χ1n) is 16.0. The van der Waals surface area contributed by atoms with Crippen LogP contribution >= 0.6 is 71.6 Å². The van der Waals surface area contributed by atoms with Crippen molar-refractivity contribution in [2.24, 2.45) is 0 Å². The normalized spacial score (nSPS) is 10.6. The van der Waals surface area contributed by atoms with Crippen LogP contribution in [0.4, 0.5) is 0 Å². The van der Waals surface area contributed by atoms with E-state index in [0.717, 1.165) is 54.5 Å². The van der Waals surface area contributed by atoms with Crippen LogP contribution < -0.4 is 17.0 Å². The summed E-state index contributed by atoms with van der Waals surface area (Å²) in [5.74, 6) is 0. The molecule has 0 aliphatic carbocycles. The van der Waals surface area contributed by atoms with Gasteiger partial charge in [-0.1, -0.05) is 67.1 Å². The molecule has 0 rings (SSSR count). The van der Waals surface area contributed by atoms with E-state index in [1.807, 2.05) is 48.5 Å². The fourth-order valence-electron chi connectivity index (χ4n) is 2.97. The molecule has 0 unspecified atom stereocenters. The second-order valence-electron chi connectivity index (χ2n) is 8.57. The van der Waals surface area contributed by atoms with Gasteiger partial charge in [0.15, 0.2) is 0 Å². The van der Waals surface area contributed by atoms with E-state index in [-0.39, 0.29) is 65.9 Å². The van der Waals surface area contributed by atoms with Crippen LogP contribution in [0.3, 0.4) is 0 Å². The summed E-state index contributed by atoms with van der Waals surface area (Å²) < 4.78 is 59.8. The number of halogens is 4. The first-order chi connectivity index (χ1) is 21.1. The predicted octanol–water partition coefficient (Wildman–Crippen LogP) is 8.81. The van der Waals surface area contributed by atoms with Crippen molar-refractivity contribution in [2.75, 3.05) is 74.6 Å². The van der Waals surface area contributed by atoms with Crippen molar-refractivity contribution in [2.45, 2.75) is 106 Å². The van der Waals surface area contributed by atoms with Crippen LogP contribution in [0.5, 0.6) is 0 Å². The average Bonchev–Trinajstić information content (AvgIpc) is 2.98. The van der Waals surface area contributed by atoms with Gasteiger partial charge in [0.05, 0.1) is 58.6 Å². The Labute approximate surface area is 362 Å². The van der Waals surface area contributed by atoms with Gasteiger partial charge in [0.1, 0.15) is 0 Å². The second-order valence-corrected chi connectivity index (χ2v) is 16.5. The molecule has 9 nitrogen and oxygen atoms in total. The summed E-state index contributed by atoms with van der Waals surface area (Å²) >= 11 is 10.1. The Balaban J connectivity index is -0.0000000616. The smallest absolute Gasteiger partial charge is 1.00 e. The molecule has 0 atom stereocenters. The Morgan fingerprint density at radius 2 is 0.787 bits per heavy atom. The van der Waals surface area contributed by atoms with Crippen molar-refractivity contribution >= 4 is 118 Å². The third kappa shape index (κ3) is 54.5. The van der Waals surface area contributed by atoms with Crippen molar-refractivity contribution in [1.29, 1.82) is 0 Å². The molecule has 0 aromatic heterocycles. The molecule has 0 aromatic rings. The summed E-state index contributed by atoms with van der Waals surface area (Å²) in [4.78, 5) is 0. The van der Waals surface area contributed by atoms with Crippen molar-refractivity contribution < 1.29 is 60.6 Å². The second kappa shape index (κ2) is 54.4.